The Morgan fingerprint density at radius 3 is 2.53 bits per heavy atom. The Labute approximate surface area is 193 Å². The van der Waals surface area contributed by atoms with Crippen molar-refractivity contribution in [2.24, 2.45) is 0 Å². The maximum Gasteiger partial charge on any atom is 0.153 e. The lowest BCUT2D eigenvalue weighted by Crippen LogP contribution is -2.31. The summed E-state index contributed by atoms with van der Waals surface area (Å²) in [4.78, 5) is 6.32. The Morgan fingerprint density at radius 1 is 1.19 bits per heavy atom. The van der Waals surface area contributed by atoms with Crippen LogP contribution in [0.5, 0.6) is 0 Å². The molecule has 2 aromatic heterocycles. The molecule has 0 bridgehead atoms. The summed E-state index contributed by atoms with van der Waals surface area (Å²) in [6, 6.07) is 7.72. The third kappa shape index (κ3) is 4.28. The molecule has 170 valence electrons. The number of halogens is 1. The van der Waals surface area contributed by atoms with Crippen LogP contribution in [0.15, 0.2) is 42.2 Å². The first-order valence-corrected chi connectivity index (χ1v) is 11.7. The second-order valence-electron chi connectivity index (χ2n) is 9.54. The molecule has 0 aliphatic carbocycles. The average molecular weight is 455 g/mol. The first-order chi connectivity index (χ1) is 15.0. The van der Waals surface area contributed by atoms with Gasteiger partial charge in [-0.3, -0.25) is 0 Å². The Bertz CT molecular complexity index is 1150. The quantitative estimate of drug-likeness (QED) is 0.531. The van der Waals surface area contributed by atoms with Crippen molar-refractivity contribution in [3.05, 3.63) is 65.0 Å². The summed E-state index contributed by atoms with van der Waals surface area (Å²) in [5, 5.41) is 10.5. The van der Waals surface area contributed by atoms with Gasteiger partial charge < -0.3 is 14.8 Å². The lowest BCUT2D eigenvalue weighted by atomic mass is 9.92. The van der Waals surface area contributed by atoms with Crippen LogP contribution in [0.1, 0.15) is 57.6 Å². The number of nitrogens with one attached hydrogen (secondary N) is 1. The van der Waals surface area contributed by atoms with E-state index in [-0.39, 0.29) is 22.8 Å². The maximum atomic E-state index is 14.9. The summed E-state index contributed by atoms with van der Waals surface area (Å²) in [6.07, 6.45) is 3.45. The molecule has 1 atom stereocenters. The summed E-state index contributed by atoms with van der Waals surface area (Å²) in [5.74, 6) is 0.712. The molecule has 32 heavy (non-hydrogen) atoms. The Morgan fingerprint density at radius 2 is 1.94 bits per heavy atom. The van der Waals surface area contributed by atoms with Gasteiger partial charge in [-0.2, -0.15) is 5.10 Å². The standard InChI is InChI=1S/C24H31FN6S/c1-15(2)31-22(11-21(28-31)24(4,5)6)27-23-29(7)20(13-32-23)17-8-9-19(18(25)10-17)30-12-16(3)26-14-30/h8-15,23,27H,1-7H3. The maximum absolute atomic E-state index is 14.9. The van der Waals surface area contributed by atoms with E-state index in [4.69, 9.17) is 5.10 Å². The number of imidazole rings is 1. The van der Waals surface area contributed by atoms with Crippen LogP contribution in [-0.4, -0.2) is 36.8 Å². The van der Waals surface area contributed by atoms with Gasteiger partial charge >= 0.3 is 0 Å². The van der Waals surface area contributed by atoms with E-state index < -0.39 is 0 Å². The van der Waals surface area contributed by atoms with Crippen molar-refractivity contribution in [2.75, 3.05) is 12.4 Å². The van der Waals surface area contributed by atoms with Crippen molar-refractivity contribution in [2.45, 2.75) is 58.5 Å². The highest BCUT2D eigenvalue weighted by Gasteiger charge is 2.28. The Hall–Kier alpha value is -2.74. The molecule has 3 heterocycles. The molecular weight excluding hydrogens is 423 g/mol. The molecule has 6 nitrogen and oxygen atoms in total. The van der Waals surface area contributed by atoms with Crippen molar-refractivity contribution < 1.29 is 4.39 Å². The van der Waals surface area contributed by atoms with Gasteiger partial charge in [0.05, 0.1) is 29.1 Å². The van der Waals surface area contributed by atoms with Gasteiger partial charge in [-0.15, -0.1) is 0 Å². The first-order valence-electron chi connectivity index (χ1n) is 10.8. The van der Waals surface area contributed by atoms with Crippen LogP contribution >= 0.6 is 11.8 Å². The fourth-order valence-corrected chi connectivity index (χ4v) is 4.69. The highest BCUT2D eigenvalue weighted by Crippen LogP contribution is 2.37. The molecule has 1 aromatic carbocycles. The summed E-state index contributed by atoms with van der Waals surface area (Å²) in [6.45, 7) is 12.7. The zero-order chi connectivity index (χ0) is 23.2. The minimum Gasteiger partial charge on any atom is -0.345 e. The molecule has 0 saturated heterocycles. The van der Waals surface area contributed by atoms with Crippen LogP contribution in [0.4, 0.5) is 10.2 Å². The number of benzene rings is 1. The van der Waals surface area contributed by atoms with E-state index in [1.807, 2.05) is 30.9 Å². The SMILES string of the molecule is Cc1cn(-c2ccc(C3=CSC(Nc4cc(C(C)(C)C)nn4C(C)C)N3C)cc2F)cn1. The fraction of sp³-hybridized carbons (Fsp3) is 0.417. The van der Waals surface area contributed by atoms with Crippen LogP contribution in [-0.2, 0) is 5.41 Å². The Balaban J connectivity index is 1.54. The highest BCUT2D eigenvalue weighted by atomic mass is 32.2. The molecule has 1 aliphatic heterocycles. The monoisotopic (exact) mass is 454 g/mol. The number of nitrogens with zero attached hydrogens (tertiary/aromatic N) is 5. The molecular formula is C24H31FN6S. The smallest absolute Gasteiger partial charge is 0.153 e. The van der Waals surface area contributed by atoms with E-state index in [1.54, 1.807) is 34.8 Å². The van der Waals surface area contributed by atoms with Crippen LogP contribution in [0.2, 0.25) is 0 Å². The second-order valence-corrected chi connectivity index (χ2v) is 10.5. The predicted molar refractivity (Wildman–Crippen MR) is 130 cm³/mol. The molecule has 0 saturated carbocycles. The van der Waals surface area contributed by atoms with Gasteiger partial charge in [-0.05, 0) is 38.3 Å². The van der Waals surface area contributed by atoms with Gasteiger partial charge in [0.2, 0.25) is 0 Å². The Kier molecular flexibility index (Phi) is 5.83. The zero-order valence-corrected chi connectivity index (χ0v) is 20.5. The number of rotatable bonds is 5. The molecule has 0 fully saturated rings. The van der Waals surface area contributed by atoms with Crippen molar-refractivity contribution >= 4 is 23.3 Å². The molecule has 3 aromatic rings. The van der Waals surface area contributed by atoms with Gasteiger partial charge in [0.15, 0.2) is 5.50 Å². The lowest BCUT2D eigenvalue weighted by molar-refractivity contribution is 0.472. The molecule has 4 rings (SSSR count). The molecule has 0 radical (unpaired) electrons. The number of aryl methyl sites for hydroxylation is 1. The number of hydrogen-bond donors (Lipinski definition) is 1. The molecule has 8 heteroatoms. The van der Waals surface area contributed by atoms with Crippen LogP contribution in [0.25, 0.3) is 11.4 Å². The minimum atomic E-state index is -0.275. The molecule has 0 amide bonds. The minimum absolute atomic E-state index is 0.00828. The summed E-state index contributed by atoms with van der Waals surface area (Å²) >= 11 is 1.67. The number of thioether (sulfide) groups is 1. The molecule has 1 aliphatic rings. The normalized spacial score (nSPS) is 16.7. The van der Waals surface area contributed by atoms with Gasteiger partial charge in [0.25, 0.3) is 0 Å². The number of hydrogen-bond acceptors (Lipinski definition) is 5. The van der Waals surface area contributed by atoms with E-state index in [2.05, 4.69) is 61.3 Å². The average Bonchev–Trinajstić information content (AvgIpc) is 3.41. The number of anilines is 1. The predicted octanol–water partition coefficient (Wildman–Crippen LogP) is 5.77. The van der Waals surface area contributed by atoms with Gasteiger partial charge in [0.1, 0.15) is 11.6 Å². The fourth-order valence-electron chi connectivity index (χ4n) is 3.65. The van der Waals surface area contributed by atoms with Crippen LogP contribution in [0.3, 0.4) is 0 Å². The van der Waals surface area contributed by atoms with Crippen LogP contribution < -0.4 is 5.32 Å². The van der Waals surface area contributed by atoms with Gasteiger partial charge in [-0.1, -0.05) is 38.6 Å². The second kappa shape index (κ2) is 8.31. The summed E-state index contributed by atoms with van der Waals surface area (Å²) in [7, 11) is 2.02. The van der Waals surface area contributed by atoms with Crippen molar-refractivity contribution in [3.8, 4) is 5.69 Å². The summed E-state index contributed by atoms with van der Waals surface area (Å²) < 4.78 is 18.6. The van der Waals surface area contributed by atoms with E-state index in [0.717, 1.165) is 28.5 Å². The van der Waals surface area contributed by atoms with E-state index in [1.165, 1.54) is 0 Å². The third-order valence-electron chi connectivity index (χ3n) is 5.54. The van der Waals surface area contributed by atoms with Crippen molar-refractivity contribution in [1.82, 2.24) is 24.2 Å². The first kappa shape index (κ1) is 22.5. The highest BCUT2D eigenvalue weighted by molar-refractivity contribution is 8.03. The molecule has 0 spiro atoms. The van der Waals surface area contributed by atoms with Crippen molar-refractivity contribution in [3.63, 3.8) is 0 Å². The van der Waals surface area contributed by atoms with Crippen molar-refractivity contribution in [1.29, 1.82) is 0 Å². The molecule has 1 unspecified atom stereocenters. The summed E-state index contributed by atoms with van der Waals surface area (Å²) in [5.41, 5.74) is 4.19. The van der Waals surface area contributed by atoms with Crippen LogP contribution in [0, 0.1) is 12.7 Å². The lowest BCUT2D eigenvalue weighted by Gasteiger charge is -2.27. The number of aromatic nitrogens is 4. The van der Waals surface area contributed by atoms with Gasteiger partial charge in [0, 0.05) is 36.3 Å². The largest absolute Gasteiger partial charge is 0.345 e. The van der Waals surface area contributed by atoms with E-state index >= 15 is 0 Å². The third-order valence-corrected chi connectivity index (χ3v) is 6.59. The topological polar surface area (TPSA) is 50.9 Å². The van der Waals surface area contributed by atoms with E-state index in [9.17, 15) is 4.39 Å². The molecule has 1 N–H and O–H groups in total. The zero-order valence-electron chi connectivity index (χ0n) is 19.7. The van der Waals surface area contributed by atoms with E-state index in [0.29, 0.717) is 5.69 Å². The van der Waals surface area contributed by atoms with Gasteiger partial charge in [-0.25, -0.2) is 14.1 Å².